The van der Waals surface area contributed by atoms with Gasteiger partial charge in [-0.1, -0.05) is 24.3 Å². The summed E-state index contributed by atoms with van der Waals surface area (Å²) in [6, 6.07) is 11.1. The first kappa shape index (κ1) is 18.1. The molecule has 0 spiro atoms. The molecule has 0 aliphatic carbocycles. The number of hydrogen-bond acceptors (Lipinski definition) is 6. The van der Waals surface area contributed by atoms with Gasteiger partial charge in [-0.3, -0.25) is 10.1 Å². The zero-order valence-corrected chi connectivity index (χ0v) is 16.5. The predicted molar refractivity (Wildman–Crippen MR) is 113 cm³/mol. The summed E-state index contributed by atoms with van der Waals surface area (Å²) >= 11 is 1.56. The van der Waals surface area contributed by atoms with Gasteiger partial charge in [0, 0.05) is 28.8 Å². The molecule has 1 N–H and O–H groups in total. The van der Waals surface area contributed by atoms with Crippen LogP contribution in [-0.4, -0.2) is 14.9 Å². The highest BCUT2D eigenvalue weighted by Gasteiger charge is 2.16. The van der Waals surface area contributed by atoms with Crippen molar-refractivity contribution in [2.75, 3.05) is 5.32 Å². The summed E-state index contributed by atoms with van der Waals surface area (Å²) in [6.07, 6.45) is 1.51. The number of thiophene rings is 1. The average molecular weight is 390 g/mol. The van der Waals surface area contributed by atoms with Crippen LogP contribution in [-0.2, 0) is 0 Å². The van der Waals surface area contributed by atoms with Crippen LogP contribution in [0, 0.1) is 30.9 Å². The molecule has 0 saturated carbocycles. The van der Waals surface area contributed by atoms with Gasteiger partial charge in [0.2, 0.25) is 0 Å². The van der Waals surface area contributed by atoms with Crippen LogP contribution in [0.2, 0.25) is 0 Å². The Labute approximate surface area is 166 Å². The summed E-state index contributed by atoms with van der Waals surface area (Å²) in [7, 11) is 0. The third kappa shape index (κ3) is 3.20. The summed E-state index contributed by atoms with van der Waals surface area (Å²) in [5.41, 5.74) is 6.21. The van der Waals surface area contributed by atoms with Gasteiger partial charge in [-0.15, -0.1) is 11.3 Å². The normalized spacial score (nSPS) is 11.0. The number of nitro groups is 1. The van der Waals surface area contributed by atoms with E-state index in [1.165, 1.54) is 29.6 Å². The summed E-state index contributed by atoms with van der Waals surface area (Å²) in [6.45, 7) is 6.09. The predicted octanol–water partition coefficient (Wildman–Crippen LogP) is 5.94. The number of nitrogens with zero attached hydrogens (tertiary/aromatic N) is 3. The minimum Gasteiger partial charge on any atom is -0.339 e. The Morgan fingerprint density at radius 1 is 1.00 bits per heavy atom. The quantitative estimate of drug-likeness (QED) is 0.345. The Hall–Kier alpha value is -3.32. The average Bonchev–Trinajstić information content (AvgIpc) is 3.11. The molecule has 0 aliphatic rings. The molecule has 4 rings (SSSR count). The molecule has 0 radical (unpaired) electrons. The second-order valence-electron chi connectivity index (χ2n) is 6.73. The van der Waals surface area contributed by atoms with Gasteiger partial charge in [-0.25, -0.2) is 9.97 Å². The highest BCUT2D eigenvalue weighted by atomic mass is 32.1. The lowest BCUT2D eigenvalue weighted by molar-refractivity contribution is -0.384. The van der Waals surface area contributed by atoms with Gasteiger partial charge in [0.1, 0.15) is 17.0 Å². The van der Waals surface area contributed by atoms with Crippen molar-refractivity contribution in [3.63, 3.8) is 0 Å². The summed E-state index contributed by atoms with van der Waals surface area (Å²) < 4.78 is 0. The van der Waals surface area contributed by atoms with Crippen molar-refractivity contribution in [1.29, 1.82) is 0 Å². The van der Waals surface area contributed by atoms with Crippen LogP contribution in [0.15, 0.2) is 48.1 Å². The number of aromatic nitrogens is 2. The van der Waals surface area contributed by atoms with Crippen LogP contribution in [0.5, 0.6) is 0 Å². The van der Waals surface area contributed by atoms with Gasteiger partial charge in [0.15, 0.2) is 0 Å². The van der Waals surface area contributed by atoms with Crippen LogP contribution in [0.3, 0.4) is 0 Å². The Kier molecular flexibility index (Phi) is 4.52. The fourth-order valence-corrected chi connectivity index (χ4v) is 3.99. The van der Waals surface area contributed by atoms with Crippen molar-refractivity contribution in [2.24, 2.45) is 0 Å². The molecule has 4 aromatic rings. The van der Waals surface area contributed by atoms with Crippen molar-refractivity contribution >= 4 is 38.7 Å². The van der Waals surface area contributed by atoms with Crippen molar-refractivity contribution in [1.82, 2.24) is 9.97 Å². The number of anilines is 2. The SMILES string of the molecule is Cc1ccc(-c2csc3ncnc(Nc4cc([N+](=O)[O-])ccc4C)c23)cc1C. The topological polar surface area (TPSA) is 81.0 Å². The van der Waals surface area contributed by atoms with Crippen molar-refractivity contribution in [2.45, 2.75) is 20.8 Å². The number of nitro benzene ring substituents is 1. The van der Waals surface area contributed by atoms with Crippen LogP contribution >= 0.6 is 11.3 Å². The second kappa shape index (κ2) is 7.01. The van der Waals surface area contributed by atoms with E-state index in [0.29, 0.717) is 11.5 Å². The van der Waals surface area contributed by atoms with Gasteiger partial charge in [0.05, 0.1) is 10.3 Å². The molecule has 0 atom stereocenters. The maximum Gasteiger partial charge on any atom is 0.271 e. The van der Waals surface area contributed by atoms with Gasteiger partial charge < -0.3 is 5.32 Å². The smallest absolute Gasteiger partial charge is 0.271 e. The van der Waals surface area contributed by atoms with E-state index in [1.807, 2.05) is 6.92 Å². The third-order valence-corrected chi connectivity index (χ3v) is 5.76. The number of fused-ring (bicyclic) bond motifs is 1. The van der Waals surface area contributed by atoms with E-state index in [2.05, 4.69) is 52.7 Å². The molecule has 0 fully saturated rings. The lowest BCUT2D eigenvalue weighted by atomic mass is 10.0. The maximum atomic E-state index is 11.1. The highest BCUT2D eigenvalue weighted by Crippen LogP contribution is 2.38. The molecular formula is C21H18N4O2S. The fraction of sp³-hybridized carbons (Fsp3) is 0.143. The van der Waals surface area contributed by atoms with E-state index < -0.39 is 4.92 Å². The zero-order valence-electron chi connectivity index (χ0n) is 15.7. The highest BCUT2D eigenvalue weighted by molar-refractivity contribution is 7.17. The van der Waals surface area contributed by atoms with Crippen molar-refractivity contribution in [3.05, 3.63) is 74.9 Å². The molecule has 2 heterocycles. The molecule has 0 aliphatic heterocycles. The molecule has 2 aromatic heterocycles. The number of benzene rings is 2. The first-order chi connectivity index (χ1) is 13.4. The molecule has 2 aromatic carbocycles. The van der Waals surface area contributed by atoms with Gasteiger partial charge in [0.25, 0.3) is 5.69 Å². The number of rotatable bonds is 4. The van der Waals surface area contributed by atoms with Crippen LogP contribution in [0.1, 0.15) is 16.7 Å². The minimum absolute atomic E-state index is 0.0399. The monoisotopic (exact) mass is 390 g/mol. The molecule has 0 unspecified atom stereocenters. The summed E-state index contributed by atoms with van der Waals surface area (Å²) in [4.78, 5) is 20.4. The molecule has 0 bridgehead atoms. The molecule has 28 heavy (non-hydrogen) atoms. The maximum absolute atomic E-state index is 11.1. The Bertz CT molecular complexity index is 1220. The van der Waals surface area contributed by atoms with E-state index in [-0.39, 0.29) is 5.69 Å². The lowest BCUT2D eigenvalue weighted by Gasteiger charge is -2.11. The standard InChI is InChI=1S/C21H18N4O2S/c1-12-4-6-15(8-14(12)3)17-10-28-21-19(17)20(22-11-23-21)24-18-9-16(25(26)27)7-5-13(18)2/h4-11H,1-3H3,(H,22,23,24). The van der Waals surface area contributed by atoms with Gasteiger partial charge >= 0.3 is 0 Å². The molecule has 140 valence electrons. The summed E-state index contributed by atoms with van der Waals surface area (Å²) in [5, 5.41) is 17.4. The third-order valence-electron chi connectivity index (χ3n) is 4.87. The van der Waals surface area contributed by atoms with E-state index in [9.17, 15) is 10.1 Å². The van der Waals surface area contributed by atoms with Gasteiger partial charge in [-0.2, -0.15) is 0 Å². The summed E-state index contributed by atoms with van der Waals surface area (Å²) in [5.74, 6) is 0.642. The number of aryl methyl sites for hydroxylation is 3. The number of nitrogens with one attached hydrogen (secondary N) is 1. The lowest BCUT2D eigenvalue weighted by Crippen LogP contribution is -1.99. The van der Waals surface area contributed by atoms with E-state index in [4.69, 9.17) is 0 Å². The van der Waals surface area contributed by atoms with Crippen molar-refractivity contribution in [3.8, 4) is 11.1 Å². The van der Waals surface area contributed by atoms with Crippen LogP contribution in [0.4, 0.5) is 17.2 Å². The van der Waals surface area contributed by atoms with E-state index >= 15 is 0 Å². The Morgan fingerprint density at radius 2 is 1.79 bits per heavy atom. The molecule has 6 nitrogen and oxygen atoms in total. The first-order valence-corrected chi connectivity index (χ1v) is 9.64. The first-order valence-electron chi connectivity index (χ1n) is 8.76. The van der Waals surface area contributed by atoms with E-state index in [1.54, 1.807) is 17.4 Å². The second-order valence-corrected chi connectivity index (χ2v) is 7.59. The molecular weight excluding hydrogens is 372 g/mol. The Morgan fingerprint density at radius 3 is 2.54 bits per heavy atom. The molecule has 0 amide bonds. The number of hydrogen-bond donors (Lipinski definition) is 1. The molecule has 0 saturated heterocycles. The Balaban J connectivity index is 1.85. The number of non-ortho nitro benzene ring substituents is 1. The van der Waals surface area contributed by atoms with Crippen molar-refractivity contribution < 1.29 is 4.92 Å². The van der Waals surface area contributed by atoms with Crippen LogP contribution in [0.25, 0.3) is 21.3 Å². The van der Waals surface area contributed by atoms with E-state index in [0.717, 1.165) is 26.9 Å². The molecule has 7 heteroatoms. The fourth-order valence-electron chi connectivity index (χ4n) is 3.08. The zero-order chi connectivity index (χ0) is 19.8. The largest absolute Gasteiger partial charge is 0.339 e. The minimum atomic E-state index is -0.398. The van der Waals surface area contributed by atoms with Gasteiger partial charge in [-0.05, 0) is 43.0 Å². The van der Waals surface area contributed by atoms with Crippen LogP contribution < -0.4 is 5.32 Å².